The fourth-order valence-electron chi connectivity index (χ4n) is 7.70. The zero-order valence-electron chi connectivity index (χ0n) is 28.4. The lowest BCUT2D eigenvalue weighted by Crippen LogP contribution is -2.11. The molecule has 2 heteroatoms. The molecule has 0 bridgehead atoms. The SMILES string of the molecule is c1ccc(-c2ccc(N(c3ccc(-c4ccccc4)cc3)c3c4ccccc4cc4c3oc3cccc(-c5ccc6ccccc6c5)c34)cc2)cc1. The minimum absolute atomic E-state index is 0.862. The molecule has 0 amide bonds. The Morgan fingerprint density at radius 3 is 1.54 bits per heavy atom. The third-order valence-electron chi connectivity index (χ3n) is 10.2. The number of rotatable bonds is 6. The molecular formula is C50H33NO. The molecule has 0 spiro atoms. The maximum Gasteiger partial charge on any atom is 0.160 e. The zero-order chi connectivity index (χ0) is 34.4. The molecule has 10 aromatic rings. The summed E-state index contributed by atoms with van der Waals surface area (Å²) in [4.78, 5) is 2.37. The lowest BCUT2D eigenvalue weighted by atomic mass is 9.95. The van der Waals surface area contributed by atoms with Gasteiger partial charge in [0, 0.05) is 27.5 Å². The molecule has 0 fully saturated rings. The highest BCUT2D eigenvalue weighted by atomic mass is 16.3. The van der Waals surface area contributed by atoms with Crippen molar-refractivity contribution in [2.75, 3.05) is 4.90 Å². The van der Waals surface area contributed by atoms with Crippen molar-refractivity contribution in [2.45, 2.75) is 0 Å². The third-order valence-corrected chi connectivity index (χ3v) is 10.2. The Kier molecular flexibility index (Phi) is 7.18. The Hall–Kier alpha value is -6.90. The fraction of sp³-hybridized carbons (Fsp3) is 0. The van der Waals surface area contributed by atoms with E-state index in [2.05, 4.69) is 205 Å². The first-order valence-electron chi connectivity index (χ1n) is 17.8. The lowest BCUT2D eigenvalue weighted by Gasteiger charge is -2.27. The quantitative estimate of drug-likeness (QED) is 0.176. The first-order chi connectivity index (χ1) is 25.8. The van der Waals surface area contributed by atoms with Gasteiger partial charge in [-0.3, -0.25) is 0 Å². The van der Waals surface area contributed by atoms with Gasteiger partial charge in [0.15, 0.2) is 5.58 Å². The van der Waals surface area contributed by atoms with Crippen LogP contribution in [-0.2, 0) is 0 Å². The first kappa shape index (κ1) is 30.0. The summed E-state index contributed by atoms with van der Waals surface area (Å²) in [7, 11) is 0. The molecule has 0 N–H and O–H groups in total. The molecule has 2 nitrogen and oxygen atoms in total. The van der Waals surface area contributed by atoms with Crippen molar-refractivity contribution in [3.05, 3.63) is 200 Å². The van der Waals surface area contributed by atoms with Crippen LogP contribution in [-0.4, -0.2) is 0 Å². The number of furan rings is 1. The molecule has 1 heterocycles. The standard InChI is InChI=1S/C50H33NO/c1-3-12-34(13-4-1)37-24-28-42(29-25-37)51(43-30-26-38(27-31-43)35-14-5-2-6-15-35)49-45-19-10-9-18-40(45)33-46-48-44(20-11-21-47(48)52-50(46)49)41-23-22-36-16-7-8-17-39(36)32-41/h1-33H. The summed E-state index contributed by atoms with van der Waals surface area (Å²) in [6.07, 6.45) is 0. The van der Waals surface area contributed by atoms with E-state index in [1.54, 1.807) is 0 Å². The predicted octanol–water partition coefficient (Wildman–Crippen LogP) is 14.4. The highest BCUT2D eigenvalue weighted by Gasteiger charge is 2.24. The van der Waals surface area contributed by atoms with Crippen LogP contribution in [0.4, 0.5) is 17.1 Å². The van der Waals surface area contributed by atoms with Crippen LogP contribution in [0.1, 0.15) is 0 Å². The molecule has 0 atom stereocenters. The van der Waals surface area contributed by atoms with Crippen molar-refractivity contribution < 1.29 is 4.42 Å². The summed E-state index contributed by atoms with van der Waals surface area (Å²) in [5, 5.41) is 6.96. The fourth-order valence-corrected chi connectivity index (χ4v) is 7.70. The van der Waals surface area contributed by atoms with Crippen molar-refractivity contribution in [2.24, 2.45) is 0 Å². The van der Waals surface area contributed by atoms with Crippen molar-refractivity contribution in [1.29, 1.82) is 0 Å². The Balaban J connectivity index is 1.23. The van der Waals surface area contributed by atoms with Gasteiger partial charge in [0.05, 0.1) is 5.69 Å². The molecule has 0 saturated carbocycles. The molecule has 244 valence electrons. The number of hydrogen-bond acceptors (Lipinski definition) is 2. The van der Waals surface area contributed by atoms with Crippen LogP contribution in [0.2, 0.25) is 0 Å². The summed E-state index contributed by atoms with van der Waals surface area (Å²) in [6, 6.07) is 71.6. The second kappa shape index (κ2) is 12.5. The van der Waals surface area contributed by atoms with E-state index in [-0.39, 0.29) is 0 Å². The van der Waals surface area contributed by atoms with Crippen LogP contribution in [0.3, 0.4) is 0 Å². The summed E-state index contributed by atoms with van der Waals surface area (Å²) in [5.41, 5.74) is 11.9. The van der Waals surface area contributed by atoms with E-state index in [9.17, 15) is 0 Å². The van der Waals surface area contributed by atoms with Crippen LogP contribution in [0.15, 0.2) is 205 Å². The summed E-state index contributed by atoms with van der Waals surface area (Å²) < 4.78 is 7.01. The number of fused-ring (bicyclic) bond motifs is 5. The first-order valence-corrected chi connectivity index (χ1v) is 17.8. The van der Waals surface area contributed by atoms with E-state index < -0.39 is 0 Å². The number of anilines is 3. The van der Waals surface area contributed by atoms with E-state index in [1.807, 2.05) is 0 Å². The van der Waals surface area contributed by atoms with Gasteiger partial charge in [-0.25, -0.2) is 0 Å². The van der Waals surface area contributed by atoms with E-state index in [0.29, 0.717) is 0 Å². The van der Waals surface area contributed by atoms with Gasteiger partial charge in [0.1, 0.15) is 5.58 Å². The van der Waals surface area contributed by atoms with Crippen LogP contribution >= 0.6 is 0 Å². The zero-order valence-corrected chi connectivity index (χ0v) is 28.4. The molecule has 0 aliphatic heterocycles. The number of nitrogens with zero attached hydrogens (tertiary/aromatic N) is 1. The molecule has 10 rings (SSSR count). The van der Waals surface area contributed by atoms with Gasteiger partial charge in [-0.15, -0.1) is 0 Å². The Labute approximate surface area is 302 Å². The van der Waals surface area contributed by atoms with Gasteiger partial charge >= 0.3 is 0 Å². The highest BCUT2D eigenvalue weighted by Crippen LogP contribution is 2.48. The van der Waals surface area contributed by atoms with Crippen LogP contribution in [0.25, 0.3) is 76.9 Å². The Morgan fingerprint density at radius 1 is 0.346 bits per heavy atom. The molecule has 0 aliphatic rings. The van der Waals surface area contributed by atoms with Crippen molar-refractivity contribution in [1.82, 2.24) is 0 Å². The van der Waals surface area contributed by atoms with Gasteiger partial charge in [0.25, 0.3) is 0 Å². The second-order valence-corrected chi connectivity index (χ2v) is 13.3. The van der Waals surface area contributed by atoms with E-state index in [4.69, 9.17) is 4.42 Å². The van der Waals surface area contributed by atoms with E-state index in [0.717, 1.165) is 55.3 Å². The summed E-state index contributed by atoms with van der Waals surface area (Å²) >= 11 is 0. The molecular weight excluding hydrogens is 631 g/mol. The van der Waals surface area contributed by atoms with Crippen molar-refractivity contribution in [3.8, 4) is 33.4 Å². The van der Waals surface area contributed by atoms with Crippen LogP contribution < -0.4 is 4.90 Å². The Bertz CT molecular complexity index is 2790. The van der Waals surface area contributed by atoms with Gasteiger partial charge in [-0.2, -0.15) is 0 Å². The predicted molar refractivity (Wildman–Crippen MR) is 220 cm³/mol. The van der Waals surface area contributed by atoms with E-state index in [1.165, 1.54) is 38.6 Å². The minimum Gasteiger partial charge on any atom is -0.454 e. The van der Waals surface area contributed by atoms with Gasteiger partial charge < -0.3 is 9.32 Å². The van der Waals surface area contributed by atoms with Crippen molar-refractivity contribution >= 4 is 60.5 Å². The molecule has 0 radical (unpaired) electrons. The molecule has 1 aromatic heterocycles. The second-order valence-electron chi connectivity index (χ2n) is 13.3. The summed E-state index contributed by atoms with van der Waals surface area (Å²) in [5.74, 6) is 0. The monoisotopic (exact) mass is 663 g/mol. The van der Waals surface area contributed by atoms with Crippen LogP contribution in [0, 0.1) is 0 Å². The topological polar surface area (TPSA) is 16.4 Å². The highest BCUT2D eigenvalue weighted by molar-refractivity contribution is 6.22. The normalized spacial score (nSPS) is 11.5. The average molecular weight is 664 g/mol. The van der Waals surface area contributed by atoms with E-state index >= 15 is 0 Å². The maximum absolute atomic E-state index is 7.01. The van der Waals surface area contributed by atoms with Crippen molar-refractivity contribution in [3.63, 3.8) is 0 Å². The lowest BCUT2D eigenvalue weighted by molar-refractivity contribution is 0.669. The van der Waals surface area contributed by atoms with Gasteiger partial charge in [-0.05, 0) is 92.0 Å². The smallest absolute Gasteiger partial charge is 0.160 e. The summed E-state index contributed by atoms with van der Waals surface area (Å²) in [6.45, 7) is 0. The Morgan fingerprint density at radius 2 is 0.885 bits per heavy atom. The molecule has 9 aromatic carbocycles. The van der Waals surface area contributed by atoms with Gasteiger partial charge in [0.2, 0.25) is 0 Å². The average Bonchev–Trinajstić information content (AvgIpc) is 3.60. The van der Waals surface area contributed by atoms with Gasteiger partial charge in [-0.1, -0.05) is 158 Å². The third kappa shape index (κ3) is 5.12. The number of benzene rings is 9. The molecule has 0 unspecified atom stereocenters. The maximum atomic E-state index is 7.01. The van der Waals surface area contributed by atoms with Crippen LogP contribution in [0.5, 0.6) is 0 Å². The molecule has 0 aliphatic carbocycles. The molecule has 0 saturated heterocycles. The minimum atomic E-state index is 0.862. The molecule has 52 heavy (non-hydrogen) atoms. The largest absolute Gasteiger partial charge is 0.454 e. The number of hydrogen-bond donors (Lipinski definition) is 0.